The third kappa shape index (κ3) is 3.38. The van der Waals surface area contributed by atoms with Crippen LogP contribution in [-0.2, 0) is 0 Å². The molecule has 150 valence electrons. The van der Waals surface area contributed by atoms with E-state index in [0.29, 0.717) is 22.6 Å². The monoisotopic (exact) mass is 407 g/mol. The minimum atomic E-state index is 0.607. The fourth-order valence-electron chi connectivity index (χ4n) is 3.36. The zero-order valence-corrected chi connectivity index (χ0v) is 16.6. The largest absolute Gasteiger partial charge is 0.335 e. The molecule has 0 unspecified atom stereocenters. The van der Waals surface area contributed by atoms with Crippen LogP contribution in [-0.4, -0.2) is 52.9 Å². The van der Waals surface area contributed by atoms with Gasteiger partial charge in [0.1, 0.15) is 12.0 Å². The number of nitrogens with zero attached hydrogens (tertiary/aromatic N) is 7. The Morgan fingerprint density at radius 2 is 1.84 bits per heavy atom. The molecule has 0 spiro atoms. The lowest BCUT2D eigenvalue weighted by atomic mass is 10.1. The number of H-pyrrole nitrogens is 2. The zero-order valence-electron chi connectivity index (χ0n) is 16.6. The van der Waals surface area contributed by atoms with Crippen molar-refractivity contribution in [3.8, 4) is 22.6 Å². The van der Waals surface area contributed by atoms with Gasteiger partial charge in [0, 0.05) is 54.4 Å². The minimum Gasteiger partial charge on any atom is -0.335 e. The third-order valence-electron chi connectivity index (χ3n) is 4.87. The molecule has 0 amide bonds. The highest BCUT2D eigenvalue weighted by molar-refractivity contribution is 6.20. The summed E-state index contributed by atoms with van der Waals surface area (Å²) in [7, 11) is 1.72. The third-order valence-corrected chi connectivity index (χ3v) is 4.87. The summed E-state index contributed by atoms with van der Waals surface area (Å²) in [6.07, 6.45) is 13.8. The maximum Gasteiger partial charge on any atom is 0.159 e. The second-order valence-corrected chi connectivity index (χ2v) is 6.75. The summed E-state index contributed by atoms with van der Waals surface area (Å²) in [5.41, 5.74) is 5.66. The highest BCUT2D eigenvalue weighted by atomic mass is 15.1. The van der Waals surface area contributed by atoms with Gasteiger partial charge in [-0.3, -0.25) is 20.1 Å². The van der Waals surface area contributed by atoms with E-state index in [-0.39, 0.29) is 0 Å². The van der Waals surface area contributed by atoms with Crippen molar-refractivity contribution < 1.29 is 0 Å². The number of fused-ring (bicyclic) bond motifs is 1. The number of rotatable bonds is 4. The maximum absolute atomic E-state index is 4.83. The SMILES string of the molecule is C=c1[nH]nc(-c2nc3c(-c4ccncc4)cncc3[nH]2)/c1=C/C(=NC)c1cncnc1. The summed E-state index contributed by atoms with van der Waals surface area (Å²) < 4.78 is 0. The first-order valence-corrected chi connectivity index (χ1v) is 9.46. The van der Waals surface area contributed by atoms with Crippen molar-refractivity contribution in [3.63, 3.8) is 0 Å². The van der Waals surface area contributed by atoms with Crippen molar-refractivity contribution in [2.75, 3.05) is 7.05 Å². The van der Waals surface area contributed by atoms with E-state index in [1.54, 1.807) is 44.2 Å². The number of imidazole rings is 1. The van der Waals surface area contributed by atoms with Crippen LogP contribution in [0.5, 0.6) is 0 Å². The van der Waals surface area contributed by atoms with E-state index >= 15 is 0 Å². The van der Waals surface area contributed by atoms with Crippen LogP contribution < -0.4 is 10.6 Å². The van der Waals surface area contributed by atoms with Gasteiger partial charge in [0.2, 0.25) is 0 Å². The summed E-state index contributed by atoms with van der Waals surface area (Å²) >= 11 is 0. The molecule has 0 fully saturated rings. The smallest absolute Gasteiger partial charge is 0.159 e. The van der Waals surface area contributed by atoms with Crippen LogP contribution in [0.3, 0.4) is 0 Å². The van der Waals surface area contributed by atoms with Crippen molar-refractivity contribution in [3.05, 3.63) is 71.8 Å². The van der Waals surface area contributed by atoms with Gasteiger partial charge in [0.05, 0.1) is 28.3 Å². The minimum absolute atomic E-state index is 0.607. The van der Waals surface area contributed by atoms with Crippen LogP contribution >= 0.6 is 0 Å². The van der Waals surface area contributed by atoms with E-state index in [9.17, 15) is 0 Å². The van der Waals surface area contributed by atoms with Crippen molar-refractivity contribution >= 4 is 29.4 Å². The van der Waals surface area contributed by atoms with Gasteiger partial charge in [-0.05, 0) is 23.8 Å². The molecular formula is C22H17N9. The van der Waals surface area contributed by atoms with Crippen molar-refractivity contribution in [1.29, 1.82) is 0 Å². The van der Waals surface area contributed by atoms with E-state index in [4.69, 9.17) is 4.98 Å². The molecule has 0 radical (unpaired) electrons. The molecular weight excluding hydrogens is 390 g/mol. The number of aliphatic imine (C=N–C) groups is 1. The standard InChI is InChI=1S/C22H17N9/c1-13-16(7-18(23-2)15-8-26-12-27-9-15)21(31-30-13)22-28-19-11-25-10-17(20(19)29-22)14-3-5-24-6-4-14/h3-12,30H,1H2,2H3,(H,28,29)/b16-7+,23-18?. The number of aromatic nitrogens is 8. The quantitative estimate of drug-likeness (QED) is 0.436. The summed E-state index contributed by atoms with van der Waals surface area (Å²) in [6.45, 7) is 4.07. The normalized spacial score (nSPS) is 12.5. The Kier molecular flexibility index (Phi) is 4.60. The average molecular weight is 407 g/mol. The molecule has 5 aromatic rings. The van der Waals surface area contributed by atoms with E-state index < -0.39 is 0 Å². The first-order chi connectivity index (χ1) is 15.2. The van der Waals surface area contributed by atoms with Gasteiger partial charge in [-0.15, -0.1) is 0 Å². The Bertz CT molecular complexity index is 1500. The van der Waals surface area contributed by atoms with Crippen molar-refractivity contribution in [2.24, 2.45) is 4.99 Å². The lowest BCUT2D eigenvalue weighted by Crippen LogP contribution is -2.24. The molecule has 2 N–H and O–H groups in total. The van der Waals surface area contributed by atoms with Crippen molar-refractivity contribution in [2.45, 2.75) is 0 Å². The Hall–Kier alpha value is -4.53. The van der Waals surface area contributed by atoms with Gasteiger partial charge in [0.15, 0.2) is 5.82 Å². The molecule has 0 aromatic carbocycles. The van der Waals surface area contributed by atoms with Crippen LogP contribution in [0.25, 0.3) is 46.3 Å². The molecule has 9 heteroatoms. The number of hydrogen-bond donors (Lipinski definition) is 2. The Morgan fingerprint density at radius 1 is 1.03 bits per heavy atom. The van der Waals surface area contributed by atoms with Gasteiger partial charge < -0.3 is 4.98 Å². The Balaban J connectivity index is 1.67. The molecule has 0 atom stereocenters. The van der Waals surface area contributed by atoms with Gasteiger partial charge in [-0.2, -0.15) is 5.10 Å². The molecule has 9 nitrogen and oxygen atoms in total. The first kappa shape index (κ1) is 18.5. The molecule has 0 saturated heterocycles. The Labute approximate surface area is 176 Å². The van der Waals surface area contributed by atoms with E-state index in [0.717, 1.165) is 32.9 Å². The molecule has 31 heavy (non-hydrogen) atoms. The van der Waals surface area contributed by atoms with Crippen LogP contribution in [0.2, 0.25) is 0 Å². The summed E-state index contributed by atoms with van der Waals surface area (Å²) in [5.74, 6) is 0.607. The van der Waals surface area contributed by atoms with E-state index in [1.807, 2.05) is 18.2 Å². The number of hydrogen-bond acceptors (Lipinski definition) is 7. The number of pyridine rings is 2. The molecule has 5 rings (SSSR count). The molecule has 5 aromatic heterocycles. The molecule has 0 aliphatic carbocycles. The molecule has 5 heterocycles. The molecule has 0 aliphatic heterocycles. The predicted molar refractivity (Wildman–Crippen MR) is 118 cm³/mol. The highest BCUT2D eigenvalue weighted by Gasteiger charge is 2.14. The van der Waals surface area contributed by atoms with Gasteiger partial charge in [-0.1, -0.05) is 6.58 Å². The maximum atomic E-state index is 4.83. The number of nitrogens with one attached hydrogen (secondary N) is 2. The van der Waals surface area contributed by atoms with Gasteiger partial charge >= 0.3 is 0 Å². The number of aromatic amines is 2. The van der Waals surface area contributed by atoms with Crippen LogP contribution in [0, 0.1) is 0 Å². The zero-order chi connectivity index (χ0) is 21.2. The lowest BCUT2D eigenvalue weighted by Gasteiger charge is -2.00. The van der Waals surface area contributed by atoms with Crippen LogP contribution in [0.1, 0.15) is 5.56 Å². The topological polar surface area (TPSA) is 121 Å². The van der Waals surface area contributed by atoms with Crippen molar-refractivity contribution in [1.82, 2.24) is 40.1 Å². The van der Waals surface area contributed by atoms with Gasteiger partial charge in [-0.25, -0.2) is 15.0 Å². The second kappa shape index (κ2) is 7.71. The fraction of sp³-hybridized carbons (Fsp3) is 0.0455. The summed E-state index contributed by atoms with van der Waals surface area (Å²) in [6, 6.07) is 3.86. The average Bonchev–Trinajstić information content (AvgIpc) is 3.41. The molecule has 0 aliphatic rings. The van der Waals surface area contributed by atoms with Gasteiger partial charge in [0.25, 0.3) is 0 Å². The Morgan fingerprint density at radius 3 is 2.61 bits per heavy atom. The van der Waals surface area contributed by atoms with Crippen LogP contribution in [0.15, 0.2) is 60.6 Å². The predicted octanol–water partition coefficient (Wildman–Crippen LogP) is 1.51. The molecule has 0 saturated carbocycles. The lowest BCUT2D eigenvalue weighted by molar-refractivity contribution is 1.06. The fourth-order valence-corrected chi connectivity index (χ4v) is 3.36. The second-order valence-electron chi connectivity index (χ2n) is 6.75. The highest BCUT2D eigenvalue weighted by Crippen LogP contribution is 2.27. The van der Waals surface area contributed by atoms with Crippen LogP contribution in [0.4, 0.5) is 0 Å². The summed E-state index contributed by atoms with van der Waals surface area (Å²) in [5, 5.41) is 8.81. The van der Waals surface area contributed by atoms with E-state index in [1.165, 1.54) is 6.33 Å². The first-order valence-electron chi connectivity index (χ1n) is 9.46. The molecule has 0 bridgehead atoms. The van der Waals surface area contributed by atoms with E-state index in [2.05, 4.69) is 46.7 Å². The summed E-state index contributed by atoms with van der Waals surface area (Å²) in [4.78, 5) is 29.1.